The minimum atomic E-state index is -0.355. The number of amides is 1. The number of hydrogen-bond acceptors (Lipinski definition) is 5. The molecule has 0 fully saturated rings. The van der Waals surface area contributed by atoms with Crippen molar-refractivity contribution in [3.63, 3.8) is 0 Å². The molecule has 0 bridgehead atoms. The van der Waals surface area contributed by atoms with Crippen molar-refractivity contribution >= 4 is 40.0 Å². The first-order chi connectivity index (χ1) is 12.2. The summed E-state index contributed by atoms with van der Waals surface area (Å²) in [5, 5.41) is 3.57. The van der Waals surface area contributed by atoms with E-state index in [0.29, 0.717) is 16.3 Å². The lowest BCUT2D eigenvalue weighted by atomic mass is 9.95. The molecule has 0 aliphatic heterocycles. The predicted octanol–water partition coefficient (Wildman–Crippen LogP) is 4.29. The number of carbonyl (C=O) groups excluding carboxylic acids is 2. The Morgan fingerprint density at radius 1 is 1.20 bits per heavy atom. The molecule has 1 aromatic carbocycles. The van der Waals surface area contributed by atoms with Crippen LogP contribution in [0, 0.1) is 0 Å². The van der Waals surface area contributed by atoms with Crippen LogP contribution in [0.15, 0.2) is 30.3 Å². The summed E-state index contributed by atoms with van der Waals surface area (Å²) in [7, 11) is 1.39. The molecule has 0 atom stereocenters. The molecule has 3 rings (SSSR count). The van der Waals surface area contributed by atoms with E-state index in [1.807, 2.05) is 30.3 Å². The molecular weight excluding hydrogens is 354 g/mol. The van der Waals surface area contributed by atoms with Gasteiger partial charge in [-0.05, 0) is 36.8 Å². The average molecular weight is 376 g/mol. The Labute approximate surface area is 156 Å². The van der Waals surface area contributed by atoms with Crippen LogP contribution in [-0.2, 0) is 28.1 Å². The van der Waals surface area contributed by atoms with Gasteiger partial charge in [0.1, 0.15) is 5.00 Å². The standard InChI is InChI=1S/C19H21NO3S2/c1-23-19(22)17-14-9-5-6-10-15(14)25-18(17)20-16(21)12-24-11-13-7-3-2-4-8-13/h2-4,7-8H,5-6,9-12H2,1H3,(H,20,21). The zero-order valence-electron chi connectivity index (χ0n) is 14.2. The minimum absolute atomic E-state index is 0.0790. The number of benzene rings is 1. The van der Waals surface area contributed by atoms with Crippen molar-refractivity contribution in [3.8, 4) is 0 Å². The van der Waals surface area contributed by atoms with Gasteiger partial charge in [0.2, 0.25) is 5.91 Å². The van der Waals surface area contributed by atoms with Crippen molar-refractivity contribution in [2.75, 3.05) is 18.2 Å². The molecule has 0 unspecified atom stereocenters. The number of nitrogens with one attached hydrogen (secondary N) is 1. The molecule has 4 nitrogen and oxygen atoms in total. The van der Waals surface area contributed by atoms with Gasteiger partial charge >= 0.3 is 5.97 Å². The van der Waals surface area contributed by atoms with Crippen molar-refractivity contribution < 1.29 is 14.3 Å². The number of methoxy groups -OCH3 is 1. The van der Waals surface area contributed by atoms with E-state index in [4.69, 9.17) is 4.74 Å². The van der Waals surface area contributed by atoms with E-state index in [-0.39, 0.29) is 11.9 Å². The van der Waals surface area contributed by atoms with E-state index in [0.717, 1.165) is 37.0 Å². The Bertz CT molecular complexity index is 756. The van der Waals surface area contributed by atoms with Crippen molar-refractivity contribution in [1.29, 1.82) is 0 Å². The summed E-state index contributed by atoms with van der Waals surface area (Å²) in [6.07, 6.45) is 4.07. The molecular formula is C19H21NO3S2. The maximum Gasteiger partial charge on any atom is 0.341 e. The number of aryl methyl sites for hydroxylation is 1. The number of anilines is 1. The van der Waals surface area contributed by atoms with Crippen LogP contribution < -0.4 is 5.32 Å². The third-order valence-corrected chi connectivity index (χ3v) is 6.37. The number of carbonyl (C=O) groups is 2. The normalized spacial score (nSPS) is 13.2. The zero-order chi connectivity index (χ0) is 17.6. The maximum atomic E-state index is 12.3. The first-order valence-corrected chi connectivity index (χ1v) is 10.3. The number of thiophene rings is 1. The summed E-state index contributed by atoms with van der Waals surface area (Å²) >= 11 is 3.09. The second kappa shape index (κ2) is 8.54. The monoisotopic (exact) mass is 375 g/mol. The fourth-order valence-electron chi connectivity index (χ4n) is 2.97. The number of hydrogen-bond donors (Lipinski definition) is 1. The van der Waals surface area contributed by atoms with Crippen molar-refractivity contribution in [3.05, 3.63) is 51.9 Å². The van der Waals surface area contributed by atoms with Gasteiger partial charge in [0.15, 0.2) is 0 Å². The number of esters is 1. The summed E-state index contributed by atoms with van der Waals surface area (Å²) in [6, 6.07) is 10.1. The molecule has 1 aliphatic rings. The Balaban J connectivity index is 1.64. The van der Waals surface area contributed by atoms with Gasteiger partial charge in [-0.2, -0.15) is 0 Å². The van der Waals surface area contributed by atoms with Gasteiger partial charge in [-0.15, -0.1) is 23.1 Å². The zero-order valence-corrected chi connectivity index (χ0v) is 15.8. The quantitative estimate of drug-likeness (QED) is 0.766. The lowest BCUT2D eigenvalue weighted by Gasteiger charge is -2.11. The molecule has 0 saturated heterocycles. The van der Waals surface area contributed by atoms with Gasteiger partial charge in [0.05, 0.1) is 18.4 Å². The molecule has 1 N–H and O–H groups in total. The molecule has 0 spiro atoms. The first kappa shape index (κ1) is 18.0. The molecule has 0 radical (unpaired) electrons. The van der Waals surface area contributed by atoms with E-state index in [2.05, 4.69) is 5.32 Å². The van der Waals surface area contributed by atoms with Gasteiger partial charge in [0.25, 0.3) is 0 Å². The van der Waals surface area contributed by atoms with Crippen LogP contribution in [0.4, 0.5) is 5.00 Å². The molecule has 1 amide bonds. The third kappa shape index (κ3) is 4.44. The second-order valence-electron chi connectivity index (χ2n) is 5.93. The van der Waals surface area contributed by atoms with Gasteiger partial charge in [0, 0.05) is 10.6 Å². The second-order valence-corrected chi connectivity index (χ2v) is 8.02. The summed E-state index contributed by atoms with van der Waals surface area (Å²) in [4.78, 5) is 25.7. The number of rotatable bonds is 6. The van der Waals surface area contributed by atoms with E-state index in [1.54, 1.807) is 11.8 Å². The van der Waals surface area contributed by atoms with Crippen LogP contribution in [0.2, 0.25) is 0 Å². The van der Waals surface area contributed by atoms with Crippen LogP contribution in [-0.4, -0.2) is 24.7 Å². The molecule has 1 aliphatic carbocycles. The molecule has 132 valence electrons. The molecule has 1 heterocycles. The van der Waals surface area contributed by atoms with Crippen molar-refractivity contribution in [1.82, 2.24) is 0 Å². The molecule has 25 heavy (non-hydrogen) atoms. The number of thioether (sulfide) groups is 1. The fourth-order valence-corrected chi connectivity index (χ4v) is 5.05. The van der Waals surface area contributed by atoms with Crippen LogP contribution >= 0.6 is 23.1 Å². The third-order valence-electron chi connectivity index (χ3n) is 4.16. The fraction of sp³-hybridized carbons (Fsp3) is 0.368. The summed E-state index contributed by atoms with van der Waals surface area (Å²) in [6.45, 7) is 0. The maximum absolute atomic E-state index is 12.3. The van der Waals surface area contributed by atoms with E-state index >= 15 is 0 Å². The topological polar surface area (TPSA) is 55.4 Å². The smallest absolute Gasteiger partial charge is 0.341 e. The average Bonchev–Trinajstić information content (AvgIpc) is 2.99. The summed E-state index contributed by atoms with van der Waals surface area (Å²) in [5.74, 6) is 0.716. The number of ether oxygens (including phenoxy) is 1. The highest BCUT2D eigenvalue weighted by Gasteiger charge is 2.26. The lowest BCUT2D eigenvalue weighted by Crippen LogP contribution is -2.16. The van der Waals surface area contributed by atoms with Crippen molar-refractivity contribution in [2.45, 2.75) is 31.4 Å². The largest absolute Gasteiger partial charge is 0.465 e. The van der Waals surface area contributed by atoms with Crippen LogP contribution in [0.3, 0.4) is 0 Å². The van der Waals surface area contributed by atoms with Crippen LogP contribution in [0.25, 0.3) is 0 Å². The van der Waals surface area contributed by atoms with Gasteiger partial charge in [-0.25, -0.2) is 4.79 Å². The first-order valence-electron chi connectivity index (χ1n) is 8.33. The lowest BCUT2D eigenvalue weighted by molar-refractivity contribution is -0.113. The van der Waals surface area contributed by atoms with Crippen LogP contribution in [0.5, 0.6) is 0 Å². The molecule has 1 aromatic heterocycles. The van der Waals surface area contributed by atoms with E-state index in [1.165, 1.54) is 28.9 Å². The van der Waals surface area contributed by atoms with Gasteiger partial charge in [-0.3, -0.25) is 4.79 Å². The Kier molecular flexibility index (Phi) is 6.15. The predicted molar refractivity (Wildman–Crippen MR) is 104 cm³/mol. The van der Waals surface area contributed by atoms with E-state index < -0.39 is 0 Å². The molecule has 6 heteroatoms. The minimum Gasteiger partial charge on any atom is -0.465 e. The van der Waals surface area contributed by atoms with Crippen LogP contribution in [0.1, 0.15) is 39.2 Å². The number of fused-ring (bicyclic) bond motifs is 1. The van der Waals surface area contributed by atoms with Gasteiger partial charge in [-0.1, -0.05) is 30.3 Å². The Hall–Kier alpha value is -1.79. The van der Waals surface area contributed by atoms with Crippen molar-refractivity contribution in [2.24, 2.45) is 0 Å². The SMILES string of the molecule is COC(=O)c1c(NC(=O)CSCc2ccccc2)sc2c1CCCC2. The molecule has 2 aromatic rings. The Morgan fingerprint density at radius 2 is 1.96 bits per heavy atom. The highest BCUT2D eigenvalue weighted by molar-refractivity contribution is 7.99. The summed E-state index contributed by atoms with van der Waals surface area (Å²) in [5.41, 5.74) is 2.82. The van der Waals surface area contributed by atoms with E-state index in [9.17, 15) is 9.59 Å². The Morgan fingerprint density at radius 3 is 2.72 bits per heavy atom. The highest BCUT2D eigenvalue weighted by Crippen LogP contribution is 2.38. The molecule has 0 saturated carbocycles. The summed E-state index contributed by atoms with van der Waals surface area (Å²) < 4.78 is 4.93. The van der Waals surface area contributed by atoms with Gasteiger partial charge < -0.3 is 10.1 Å². The highest BCUT2D eigenvalue weighted by atomic mass is 32.2.